The molecule has 1 unspecified atom stereocenters. The van der Waals surface area contributed by atoms with E-state index in [1.54, 1.807) is 18.2 Å². The predicted octanol–water partition coefficient (Wildman–Crippen LogP) is 4.50. The van der Waals surface area contributed by atoms with Crippen LogP contribution in [0.15, 0.2) is 100 Å². The highest BCUT2D eigenvalue weighted by Crippen LogP contribution is 2.42. The Morgan fingerprint density at radius 3 is 2.33 bits per heavy atom. The van der Waals surface area contributed by atoms with Crippen molar-refractivity contribution in [1.29, 1.82) is 0 Å². The molecule has 6 aromatic rings. The Labute approximate surface area is 234 Å². The third kappa shape index (κ3) is 4.30. The number of hydrogen-bond donors (Lipinski definition) is 3. The maximum Gasteiger partial charge on any atom is 0.339 e. The monoisotopic (exact) mass is 564 g/mol. The molecule has 0 saturated carbocycles. The maximum absolute atomic E-state index is 13.2. The normalized spacial score (nSPS) is 14.0. The SMILES string of the molecule is O=c1cc(Cc2ccc3c(c2)-c2oc(=O)c(Cc4cc(=O)oc5cccc(O)c45)cc2C(O)O3)c2cc(O)ccc2o1. The molecular weight excluding hydrogens is 544 g/mol. The summed E-state index contributed by atoms with van der Waals surface area (Å²) in [6, 6.07) is 18.1. The number of fused-ring (bicyclic) bond motifs is 5. The smallest absolute Gasteiger partial charge is 0.339 e. The van der Waals surface area contributed by atoms with Crippen molar-refractivity contribution in [3.05, 3.63) is 132 Å². The highest BCUT2D eigenvalue weighted by Gasteiger charge is 2.29. The van der Waals surface area contributed by atoms with E-state index in [4.69, 9.17) is 18.0 Å². The lowest BCUT2D eigenvalue weighted by molar-refractivity contribution is -0.0232. The summed E-state index contributed by atoms with van der Waals surface area (Å²) in [5.74, 6) is 0.324. The van der Waals surface area contributed by atoms with Gasteiger partial charge in [0, 0.05) is 29.5 Å². The summed E-state index contributed by atoms with van der Waals surface area (Å²) in [6.07, 6.45) is -1.23. The third-order valence-electron chi connectivity index (χ3n) is 7.26. The van der Waals surface area contributed by atoms with Gasteiger partial charge in [-0.2, -0.15) is 0 Å². The molecule has 0 bridgehead atoms. The number of phenolic OH excluding ortho intramolecular Hbond substituents is 2. The standard InChI is InChI=1S/C32H20O10/c33-19-5-7-24-20(14-19)16(12-27(35)39-24)8-15-4-6-25-21(9-15)30-22(32(38)41-25)11-18(31(37)42-30)10-17-13-28(36)40-26-3-1-2-23(34)29(17)26/h1-7,9,11-14,32-34,38H,8,10H2. The van der Waals surface area contributed by atoms with Gasteiger partial charge in [-0.1, -0.05) is 12.1 Å². The Balaban J connectivity index is 1.30. The fourth-order valence-electron chi connectivity index (χ4n) is 5.40. The highest BCUT2D eigenvalue weighted by atomic mass is 16.6. The minimum absolute atomic E-state index is 0.0246. The summed E-state index contributed by atoms with van der Waals surface area (Å²) >= 11 is 0. The third-order valence-corrected chi connectivity index (χ3v) is 7.26. The van der Waals surface area contributed by atoms with Crippen LogP contribution in [0.2, 0.25) is 0 Å². The van der Waals surface area contributed by atoms with E-state index < -0.39 is 23.2 Å². The predicted molar refractivity (Wildman–Crippen MR) is 150 cm³/mol. The van der Waals surface area contributed by atoms with E-state index in [9.17, 15) is 29.7 Å². The highest BCUT2D eigenvalue weighted by molar-refractivity contribution is 5.87. The molecule has 42 heavy (non-hydrogen) atoms. The van der Waals surface area contributed by atoms with Gasteiger partial charge in [0.2, 0.25) is 6.29 Å². The van der Waals surface area contributed by atoms with E-state index in [0.29, 0.717) is 33.4 Å². The summed E-state index contributed by atoms with van der Waals surface area (Å²) in [5.41, 5.74) is 1.11. The largest absolute Gasteiger partial charge is 0.508 e. The van der Waals surface area contributed by atoms with Gasteiger partial charge in [-0.25, -0.2) is 14.4 Å². The Kier molecular flexibility index (Phi) is 5.73. The second-order valence-corrected chi connectivity index (χ2v) is 10.0. The molecular formula is C32H20O10. The number of rotatable bonds is 4. The molecule has 7 rings (SSSR count). The molecule has 10 heteroatoms. The first-order valence-corrected chi connectivity index (χ1v) is 12.9. The molecule has 0 aliphatic carbocycles. The Hall–Kier alpha value is -5.61. The first kappa shape index (κ1) is 25.4. The number of hydrogen-bond acceptors (Lipinski definition) is 10. The van der Waals surface area contributed by atoms with Crippen LogP contribution in [0.1, 0.15) is 34.1 Å². The fraction of sp³-hybridized carbons (Fsp3) is 0.0938. The molecule has 0 saturated heterocycles. The van der Waals surface area contributed by atoms with Crippen LogP contribution in [0.3, 0.4) is 0 Å². The molecule has 3 N–H and O–H groups in total. The molecule has 1 atom stereocenters. The van der Waals surface area contributed by atoms with Crippen molar-refractivity contribution in [1.82, 2.24) is 0 Å². The van der Waals surface area contributed by atoms with Gasteiger partial charge in [-0.3, -0.25) is 0 Å². The van der Waals surface area contributed by atoms with Crippen LogP contribution in [-0.2, 0) is 12.8 Å². The summed E-state index contributed by atoms with van der Waals surface area (Å²) < 4.78 is 21.9. The van der Waals surface area contributed by atoms with E-state index in [-0.39, 0.29) is 52.2 Å². The van der Waals surface area contributed by atoms with Crippen molar-refractivity contribution < 1.29 is 33.3 Å². The van der Waals surface area contributed by atoms with E-state index in [0.717, 1.165) is 5.56 Å². The minimum atomic E-state index is -1.43. The number of aliphatic hydroxyl groups is 1. The van der Waals surface area contributed by atoms with Crippen molar-refractivity contribution in [2.75, 3.05) is 0 Å². The summed E-state index contributed by atoms with van der Waals surface area (Å²) in [6.45, 7) is 0. The zero-order valence-corrected chi connectivity index (χ0v) is 21.6. The lowest BCUT2D eigenvalue weighted by Gasteiger charge is -2.24. The molecule has 1 aliphatic heterocycles. The fourth-order valence-corrected chi connectivity index (χ4v) is 5.40. The Morgan fingerprint density at radius 1 is 0.714 bits per heavy atom. The van der Waals surface area contributed by atoms with Crippen LogP contribution in [0.25, 0.3) is 33.3 Å². The number of aliphatic hydroxyl groups excluding tert-OH is 1. The van der Waals surface area contributed by atoms with Crippen LogP contribution < -0.4 is 21.6 Å². The van der Waals surface area contributed by atoms with E-state index >= 15 is 0 Å². The van der Waals surface area contributed by atoms with Crippen molar-refractivity contribution in [2.24, 2.45) is 0 Å². The molecule has 3 aromatic heterocycles. The van der Waals surface area contributed by atoms with Crippen LogP contribution in [0.4, 0.5) is 0 Å². The molecule has 0 amide bonds. The Bertz CT molecular complexity index is 2240. The average Bonchev–Trinajstić information content (AvgIpc) is 2.94. The average molecular weight is 565 g/mol. The van der Waals surface area contributed by atoms with Crippen molar-refractivity contribution in [3.63, 3.8) is 0 Å². The second kappa shape index (κ2) is 9.50. The molecule has 0 radical (unpaired) electrons. The van der Waals surface area contributed by atoms with E-state index in [1.165, 1.54) is 54.6 Å². The zero-order valence-electron chi connectivity index (χ0n) is 21.6. The first-order valence-electron chi connectivity index (χ1n) is 12.9. The van der Waals surface area contributed by atoms with Crippen LogP contribution in [0.5, 0.6) is 17.2 Å². The van der Waals surface area contributed by atoms with Gasteiger partial charge in [-0.15, -0.1) is 0 Å². The maximum atomic E-state index is 13.2. The number of ether oxygens (including phenoxy) is 1. The molecule has 0 spiro atoms. The lowest BCUT2D eigenvalue weighted by Crippen LogP contribution is -2.19. The van der Waals surface area contributed by atoms with Crippen molar-refractivity contribution in [2.45, 2.75) is 19.1 Å². The molecule has 1 aliphatic rings. The van der Waals surface area contributed by atoms with Crippen molar-refractivity contribution in [3.8, 4) is 28.6 Å². The summed E-state index contributed by atoms with van der Waals surface area (Å²) in [7, 11) is 0. The number of phenols is 2. The zero-order chi connectivity index (χ0) is 29.1. The van der Waals surface area contributed by atoms with Gasteiger partial charge < -0.3 is 33.3 Å². The number of aromatic hydroxyl groups is 2. The van der Waals surface area contributed by atoms with Gasteiger partial charge in [0.25, 0.3) is 0 Å². The van der Waals surface area contributed by atoms with Crippen LogP contribution in [-0.4, -0.2) is 15.3 Å². The van der Waals surface area contributed by atoms with Gasteiger partial charge in [0.05, 0.1) is 16.5 Å². The van der Waals surface area contributed by atoms with Gasteiger partial charge >= 0.3 is 16.9 Å². The molecule has 4 heterocycles. The topological polar surface area (TPSA) is 161 Å². The summed E-state index contributed by atoms with van der Waals surface area (Å²) in [5, 5.41) is 32.0. The van der Waals surface area contributed by atoms with Gasteiger partial charge in [-0.05, 0) is 71.6 Å². The quantitative estimate of drug-likeness (QED) is 0.260. The summed E-state index contributed by atoms with van der Waals surface area (Å²) in [4.78, 5) is 37.5. The number of benzene rings is 3. The van der Waals surface area contributed by atoms with Gasteiger partial charge in [0.15, 0.2) is 5.76 Å². The minimum Gasteiger partial charge on any atom is -0.508 e. The molecule has 208 valence electrons. The lowest BCUT2D eigenvalue weighted by atomic mass is 9.95. The molecule has 10 nitrogen and oxygen atoms in total. The van der Waals surface area contributed by atoms with Crippen molar-refractivity contribution >= 4 is 21.9 Å². The van der Waals surface area contributed by atoms with E-state index in [1.807, 2.05) is 0 Å². The first-order chi connectivity index (χ1) is 20.2. The molecule has 3 aromatic carbocycles. The second-order valence-electron chi connectivity index (χ2n) is 10.0. The molecule has 0 fully saturated rings. The van der Waals surface area contributed by atoms with Crippen LogP contribution in [0, 0.1) is 0 Å². The van der Waals surface area contributed by atoms with E-state index in [2.05, 4.69) is 0 Å². The van der Waals surface area contributed by atoms with Gasteiger partial charge in [0.1, 0.15) is 28.4 Å². The Morgan fingerprint density at radius 2 is 1.50 bits per heavy atom. The van der Waals surface area contributed by atoms with Crippen LogP contribution >= 0.6 is 0 Å².